The smallest absolute Gasteiger partial charge is 0.231 e. The molecule has 1 atom stereocenters. The quantitative estimate of drug-likeness (QED) is 0.843. The van der Waals surface area contributed by atoms with Crippen molar-refractivity contribution >= 4 is 10.9 Å². The molecule has 1 fully saturated rings. The van der Waals surface area contributed by atoms with Gasteiger partial charge in [-0.2, -0.15) is 0 Å². The number of benzene rings is 1. The van der Waals surface area contributed by atoms with Crippen molar-refractivity contribution in [2.75, 3.05) is 33.1 Å². The van der Waals surface area contributed by atoms with Crippen molar-refractivity contribution < 1.29 is 18.9 Å². The van der Waals surface area contributed by atoms with Gasteiger partial charge in [0.15, 0.2) is 11.5 Å². The predicted octanol–water partition coefficient (Wildman–Crippen LogP) is 2.34. The molecular formula is C18H20N2O4. The Hall–Kier alpha value is -2.05. The molecule has 3 aliphatic rings. The molecule has 5 rings (SSSR count). The van der Waals surface area contributed by atoms with Gasteiger partial charge < -0.3 is 18.9 Å². The molecule has 24 heavy (non-hydrogen) atoms. The number of aromatic nitrogens is 1. The lowest BCUT2D eigenvalue weighted by molar-refractivity contribution is 0.0687. The highest BCUT2D eigenvalue weighted by Crippen LogP contribution is 2.37. The van der Waals surface area contributed by atoms with Gasteiger partial charge in [-0.05, 0) is 25.0 Å². The van der Waals surface area contributed by atoms with E-state index >= 15 is 0 Å². The fourth-order valence-electron chi connectivity index (χ4n) is 3.65. The van der Waals surface area contributed by atoms with Gasteiger partial charge >= 0.3 is 0 Å². The Morgan fingerprint density at radius 2 is 2.00 bits per heavy atom. The summed E-state index contributed by atoms with van der Waals surface area (Å²) in [5, 5.41) is 1.06. The van der Waals surface area contributed by atoms with Gasteiger partial charge in [0.25, 0.3) is 0 Å². The fraction of sp³-hybridized carbons (Fsp3) is 0.500. The summed E-state index contributed by atoms with van der Waals surface area (Å²) in [6.07, 6.45) is 2.68. The first-order valence-corrected chi connectivity index (χ1v) is 8.55. The van der Waals surface area contributed by atoms with Gasteiger partial charge in [0.2, 0.25) is 12.7 Å². The van der Waals surface area contributed by atoms with Gasteiger partial charge in [-0.25, -0.2) is 4.98 Å². The molecule has 2 aromatic rings. The third-order valence-electron chi connectivity index (χ3n) is 4.87. The van der Waals surface area contributed by atoms with Crippen molar-refractivity contribution in [3.8, 4) is 17.4 Å². The minimum Gasteiger partial charge on any atom is -0.476 e. The molecular weight excluding hydrogens is 308 g/mol. The van der Waals surface area contributed by atoms with E-state index in [1.165, 1.54) is 6.42 Å². The average molecular weight is 328 g/mol. The van der Waals surface area contributed by atoms with Crippen LogP contribution in [0.2, 0.25) is 0 Å². The van der Waals surface area contributed by atoms with Crippen LogP contribution >= 0.6 is 0 Å². The van der Waals surface area contributed by atoms with Crippen LogP contribution in [0.4, 0.5) is 0 Å². The average Bonchev–Trinajstić information content (AvgIpc) is 3.20. The first-order chi connectivity index (χ1) is 11.8. The van der Waals surface area contributed by atoms with E-state index in [1.54, 1.807) is 0 Å². The van der Waals surface area contributed by atoms with Crippen LogP contribution in [0.25, 0.3) is 10.9 Å². The van der Waals surface area contributed by atoms with Crippen LogP contribution in [0.15, 0.2) is 18.2 Å². The molecule has 0 bridgehead atoms. The van der Waals surface area contributed by atoms with Crippen LogP contribution in [0.5, 0.6) is 17.4 Å². The lowest BCUT2D eigenvalue weighted by Crippen LogP contribution is -2.33. The molecule has 6 nitrogen and oxygen atoms in total. The molecule has 0 spiro atoms. The second-order valence-corrected chi connectivity index (χ2v) is 6.57. The van der Waals surface area contributed by atoms with Crippen molar-refractivity contribution in [1.29, 1.82) is 0 Å². The molecule has 0 N–H and O–H groups in total. The number of fused-ring (bicyclic) bond motifs is 3. The van der Waals surface area contributed by atoms with Gasteiger partial charge in [0.1, 0.15) is 6.61 Å². The predicted molar refractivity (Wildman–Crippen MR) is 87.6 cm³/mol. The third-order valence-corrected chi connectivity index (χ3v) is 4.87. The Bertz CT molecular complexity index is 773. The number of rotatable bonds is 2. The molecule has 6 heteroatoms. The Morgan fingerprint density at radius 3 is 2.88 bits per heavy atom. The molecule has 0 saturated carbocycles. The monoisotopic (exact) mass is 328 g/mol. The zero-order chi connectivity index (χ0) is 15.9. The summed E-state index contributed by atoms with van der Waals surface area (Å²) in [4.78, 5) is 7.11. The minimum absolute atomic E-state index is 0.275. The summed E-state index contributed by atoms with van der Waals surface area (Å²) in [6, 6.07) is 6.09. The van der Waals surface area contributed by atoms with Crippen LogP contribution in [0, 0.1) is 0 Å². The van der Waals surface area contributed by atoms with Crippen molar-refractivity contribution in [1.82, 2.24) is 9.88 Å². The number of hydrogen-bond donors (Lipinski definition) is 0. The Kier molecular flexibility index (Phi) is 3.45. The standard InChI is InChI=1S/C18H20N2O4/c1-2-14(21-4-1)10-20-3-5-22-18-13(9-20)6-12-7-16-17(24-11-23-16)8-15(12)19-18/h6-8,14H,1-5,9-11H2/t14-/m0/s1. The second kappa shape index (κ2) is 5.79. The van der Waals surface area contributed by atoms with E-state index in [9.17, 15) is 0 Å². The maximum absolute atomic E-state index is 5.90. The van der Waals surface area contributed by atoms with Gasteiger partial charge in [-0.3, -0.25) is 4.90 Å². The van der Waals surface area contributed by atoms with E-state index in [0.29, 0.717) is 12.7 Å². The van der Waals surface area contributed by atoms with E-state index in [2.05, 4.69) is 11.0 Å². The van der Waals surface area contributed by atoms with Crippen molar-refractivity contribution in [2.24, 2.45) is 0 Å². The molecule has 126 valence electrons. The van der Waals surface area contributed by atoms with Crippen LogP contribution in [-0.4, -0.2) is 49.1 Å². The first-order valence-electron chi connectivity index (χ1n) is 8.55. The third kappa shape index (κ3) is 2.56. The lowest BCUT2D eigenvalue weighted by atomic mass is 10.1. The summed E-state index contributed by atoms with van der Waals surface area (Å²) in [5.41, 5.74) is 2.00. The molecule has 0 unspecified atom stereocenters. The number of ether oxygens (including phenoxy) is 4. The largest absolute Gasteiger partial charge is 0.476 e. The van der Waals surface area contributed by atoms with Crippen molar-refractivity contribution in [2.45, 2.75) is 25.5 Å². The Morgan fingerprint density at radius 1 is 1.08 bits per heavy atom. The lowest BCUT2D eigenvalue weighted by Gasteiger charge is -2.22. The van der Waals surface area contributed by atoms with Crippen LogP contribution in [0.3, 0.4) is 0 Å². The highest BCUT2D eigenvalue weighted by molar-refractivity contribution is 5.84. The van der Waals surface area contributed by atoms with E-state index < -0.39 is 0 Å². The molecule has 1 aromatic carbocycles. The second-order valence-electron chi connectivity index (χ2n) is 6.57. The van der Waals surface area contributed by atoms with E-state index in [4.69, 9.17) is 23.9 Å². The summed E-state index contributed by atoms with van der Waals surface area (Å²) in [6.45, 7) is 4.52. The highest BCUT2D eigenvalue weighted by atomic mass is 16.7. The van der Waals surface area contributed by atoms with Gasteiger partial charge in [0, 0.05) is 43.3 Å². The van der Waals surface area contributed by atoms with E-state index in [-0.39, 0.29) is 6.79 Å². The van der Waals surface area contributed by atoms with Crippen LogP contribution < -0.4 is 14.2 Å². The molecule has 0 radical (unpaired) electrons. The van der Waals surface area contributed by atoms with Crippen molar-refractivity contribution in [3.63, 3.8) is 0 Å². The topological polar surface area (TPSA) is 53.0 Å². The van der Waals surface area contributed by atoms with Crippen LogP contribution in [0.1, 0.15) is 18.4 Å². The first kappa shape index (κ1) is 14.3. The molecule has 0 aliphatic carbocycles. The molecule has 3 aliphatic heterocycles. The summed E-state index contributed by atoms with van der Waals surface area (Å²) >= 11 is 0. The van der Waals surface area contributed by atoms with E-state index in [0.717, 1.165) is 66.5 Å². The maximum atomic E-state index is 5.90. The van der Waals surface area contributed by atoms with Gasteiger partial charge in [0.05, 0.1) is 11.6 Å². The Labute approximate surface area is 140 Å². The maximum Gasteiger partial charge on any atom is 0.231 e. The Balaban J connectivity index is 1.46. The van der Waals surface area contributed by atoms with E-state index in [1.807, 2.05) is 12.1 Å². The van der Waals surface area contributed by atoms with Crippen molar-refractivity contribution in [3.05, 3.63) is 23.8 Å². The minimum atomic E-state index is 0.275. The number of nitrogens with zero attached hydrogens (tertiary/aromatic N) is 2. The molecule has 0 amide bonds. The number of pyridine rings is 1. The van der Waals surface area contributed by atoms with Gasteiger partial charge in [-0.15, -0.1) is 0 Å². The highest BCUT2D eigenvalue weighted by Gasteiger charge is 2.24. The molecule has 1 saturated heterocycles. The fourth-order valence-corrected chi connectivity index (χ4v) is 3.65. The van der Waals surface area contributed by atoms with Gasteiger partial charge in [-0.1, -0.05) is 0 Å². The summed E-state index contributed by atoms with van der Waals surface area (Å²) in [5.74, 6) is 2.27. The summed E-state index contributed by atoms with van der Waals surface area (Å²) in [7, 11) is 0. The molecule has 1 aromatic heterocycles. The zero-order valence-electron chi connectivity index (χ0n) is 13.5. The number of hydrogen-bond acceptors (Lipinski definition) is 6. The zero-order valence-corrected chi connectivity index (χ0v) is 13.5. The molecule has 4 heterocycles. The van der Waals surface area contributed by atoms with Crippen LogP contribution in [-0.2, 0) is 11.3 Å². The summed E-state index contributed by atoms with van der Waals surface area (Å²) < 4.78 is 22.6. The SMILES string of the molecule is c1c2c(nc3cc4c(cc13)OCO4)OCCN(C[C@@H]1CCCO1)C2. The normalized spacial score (nSPS) is 23.1.